The lowest BCUT2D eigenvalue weighted by molar-refractivity contribution is -0.136. The number of hydrogen-bond acceptors (Lipinski definition) is 4. The molecule has 0 atom stereocenters. The normalized spacial score (nSPS) is 10.5. The summed E-state index contributed by atoms with van der Waals surface area (Å²) in [6.07, 6.45) is -0.355. The average molecular weight is 323 g/mol. The maximum Gasteiger partial charge on any atom is 0.308 e. The topological polar surface area (TPSA) is 92.3 Å². The van der Waals surface area contributed by atoms with Crippen molar-refractivity contribution in [3.63, 3.8) is 0 Å². The molecule has 22 heavy (non-hydrogen) atoms. The second-order valence-corrected chi connectivity index (χ2v) is 5.25. The first-order valence-corrected chi connectivity index (χ1v) is 6.94. The third-order valence-electron chi connectivity index (χ3n) is 3.10. The molecule has 0 aliphatic carbocycles. The third kappa shape index (κ3) is 3.85. The van der Waals surface area contributed by atoms with Crippen LogP contribution >= 0.6 is 11.6 Å². The molecule has 0 saturated heterocycles. The van der Waals surface area contributed by atoms with Gasteiger partial charge < -0.3 is 14.8 Å². The second kappa shape index (κ2) is 6.62. The summed E-state index contributed by atoms with van der Waals surface area (Å²) in [6.45, 7) is 3.54. The van der Waals surface area contributed by atoms with Gasteiger partial charge in [-0.25, -0.2) is 4.98 Å². The molecule has 2 rings (SSSR count). The van der Waals surface area contributed by atoms with Crippen LogP contribution in [-0.4, -0.2) is 21.0 Å². The number of ether oxygens (including phenoxy) is 1. The smallest absolute Gasteiger partial charge is 0.308 e. The molecule has 0 aliphatic rings. The highest BCUT2D eigenvalue weighted by atomic mass is 35.5. The molecule has 7 heteroatoms. The molecule has 1 aromatic heterocycles. The predicted octanol–water partition coefficient (Wildman–Crippen LogP) is 2.25. The fraction of sp³-hybridized carbons (Fsp3) is 0.267. The maximum atomic E-state index is 11.9. The van der Waals surface area contributed by atoms with Crippen LogP contribution < -0.4 is 10.3 Å². The van der Waals surface area contributed by atoms with E-state index in [4.69, 9.17) is 21.4 Å². The quantitative estimate of drug-likeness (QED) is 0.880. The number of H-pyrrole nitrogens is 1. The minimum atomic E-state index is -1.07. The number of hydrogen-bond donors (Lipinski definition) is 2. The van der Waals surface area contributed by atoms with Crippen LogP contribution in [0, 0.1) is 13.8 Å². The van der Waals surface area contributed by atoms with Gasteiger partial charge in [0.1, 0.15) is 18.2 Å². The molecule has 0 aliphatic heterocycles. The zero-order chi connectivity index (χ0) is 16.3. The molecule has 0 saturated carbocycles. The van der Waals surface area contributed by atoms with E-state index in [0.717, 1.165) is 5.56 Å². The maximum absolute atomic E-state index is 11.9. The number of carboxylic acids is 1. The highest BCUT2D eigenvalue weighted by molar-refractivity contribution is 6.31. The van der Waals surface area contributed by atoms with Gasteiger partial charge in [0, 0.05) is 16.3 Å². The predicted molar refractivity (Wildman–Crippen MR) is 81.5 cm³/mol. The average Bonchev–Trinajstić information content (AvgIpc) is 2.44. The molecule has 6 nitrogen and oxygen atoms in total. The van der Waals surface area contributed by atoms with Gasteiger partial charge in [-0.1, -0.05) is 11.6 Å². The molecule has 0 bridgehead atoms. The zero-order valence-corrected chi connectivity index (χ0v) is 12.9. The summed E-state index contributed by atoms with van der Waals surface area (Å²) in [5, 5.41) is 9.42. The van der Waals surface area contributed by atoms with Crippen molar-refractivity contribution in [2.24, 2.45) is 0 Å². The number of nitrogens with zero attached hydrogens (tertiary/aromatic N) is 1. The standard InChI is InChI=1S/C15H15ClN2O4/c1-8-5-10(3-4-12(8)16)22-7-13-17-9(2)11(6-14(19)20)15(21)18-13/h3-5H,6-7H2,1-2H3,(H,19,20)(H,17,18,21). The van der Waals surface area contributed by atoms with Gasteiger partial charge in [0.05, 0.1) is 6.42 Å². The van der Waals surface area contributed by atoms with E-state index in [0.29, 0.717) is 22.3 Å². The Hall–Kier alpha value is -2.34. The Morgan fingerprint density at radius 1 is 1.41 bits per heavy atom. The number of aliphatic carboxylic acids is 1. The number of aromatic amines is 1. The van der Waals surface area contributed by atoms with E-state index in [1.807, 2.05) is 6.92 Å². The monoisotopic (exact) mass is 322 g/mol. The van der Waals surface area contributed by atoms with Crippen molar-refractivity contribution < 1.29 is 14.6 Å². The van der Waals surface area contributed by atoms with E-state index in [9.17, 15) is 9.59 Å². The van der Waals surface area contributed by atoms with E-state index >= 15 is 0 Å². The van der Waals surface area contributed by atoms with E-state index in [1.54, 1.807) is 25.1 Å². The van der Waals surface area contributed by atoms with Crippen LogP contribution in [0.15, 0.2) is 23.0 Å². The van der Waals surface area contributed by atoms with E-state index < -0.39 is 11.5 Å². The summed E-state index contributed by atoms with van der Waals surface area (Å²) in [5.74, 6) is -0.128. The van der Waals surface area contributed by atoms with Crippen LogP contribution in [0.25, 0.3) is 0 Å². The van der Waals surface area contributed by atoms with Crippen LogP contribution in [0.3, 0.4) is 0 Å². The van der Waals surface area contributed by atoms with Gasteiger partial charge in [-0.3, -0.25) is 9.59 Å². The molecule has 1 heterocycles. The molecule has 2 N–H and O–H groups in total. The summed E-state index contributed by atoms with van der Waals surface area (Å²) in [5.41, 5.74) is 0.963. The lowest BCUT2D eigenvalue weighted by Crippen LogP contribution is -2.22. The Bertz CT molecular complexity index is 771. The summed E-state index contributed by atoms with van der Waals surface area (Å²) in [6, 6.07) is 5.23. The minimum Gasteiger partial charge on any atom is -0.486 e. The van der Waals surface area contributed by atoms with Crippen molar-refractivity contribution in [3.05, 3.63) is 56.2 Å². The van der Waals surface area contributed by atoms with Crippen molar-refractivity contribution in [1.82, 2.24) is 9.97 Å². The lowest BCUT2D eigenvalue weighted by atomic mass is 10.2. The van der Waals surface area contributed by atoms with Crippen LogP contribution in [0.4, 0.5) is 0 Å². The largest absolute Gasteiger partial charge is 0.486 e. The first-order valence-electron chi connectivity index (χ1n) is 6.56. The molecule has 0 radical (unpaired) electrons. The minimum absolute atomic E-state index is 0.0739. The van der Waals surface area contributed by atoms with E-state index in [-0.39, 0.29) is 18.6 Å². The van der Waals surface area contributed by atoms with Crippen molar-refractivity contribution in [3.8, 4) is 5.75 Å². The van der Waals surface area contributed by atoms with Crippen molar-refractivity contribution >= 4 is 17.6 Å². The summed E-state index contributed by atoms with van der Waals surface area (Å²) >= 11 is 5.93. The number of carboxylic acid groups (broad SMARTS) is 1. The zero-order valence-electron chi connectivity index (χ0n) is 12.1. The molecule has 0 spiro atoms. The van der Waals surface area contributed by atoms with Gasteiger partial charge in [-0.05, 0) is 37.6 Å². The fourth-order valence-corrected chi connectivity index (χ4v) is 2.07. The first kappa shape index (κ1) is 16.0. The summed E-state index contributed by atoms with van der Waals surface area (Å²) < 4.78 is 5.55. The SMILES string of the molecule is Cc1cc(OCc2nc(C)c(CC(=O)O)c(=O)[nH]2)ccc1Cl. The number of benzene rings is 1. The van der Waals surface area contributed by atoms with Gasteiger partial charge >= 0.3 is 5.97 Å². The van der Waals surface area contributed by atoms with Gasteiger partial charge in [0.15, 0.2) is 0 Å². The van der Waals surface area contributed by atoms with Crippen LogP contribution in [0.5, 0.6) is 5.75 Å². The number of carbonyl (C=O) groups is 1. The van der Waals surface area contributed by atoms with E-state index in [2.05, 4.69) is 9.97 Å². The number of aryl methyl sites for hydroxylation is 2. The van der Waals surface area contributed by atoms with Gasteiger partial charge in [0.2, 0.25) is 0 Å². The Kier molecular flexibility index (Phi) is 4.82. The van der Waals surface area contributed by atoms with Crippen LogP contribution in [-0.2, 0) is 17.8 Å². The lowest BCUT2D eigenvalue weighted by Gasteiger charge is -2.09. The highest BCUT2D eigenvalue weighted by Crippen LogP contribution is 2.21. The van der Waals surface area contributed by atoms with Crippen molar-refractivity contribution in [1.29, 1.82) is 0 Å². The Morgan fingerprint density at radius 3 is 2.73 bits per heavy atom. The second-order valence-electron chi connectivity index (χ2n) is 4.85. The van der Waals surface area contributed by atoms with Gasteiger partial charge in [0.25, 0.3) is 5.56 Å². The number of halogens is 1. The Labute approximate surface area is 131 Å². The van der Waals surface area contributed by atoms with Crippen molar-refractivity contribution in [2.45, 2.75) is 26.9 Å². The third-order valence-corrected chi connectivity index (χ3v) is 3.53. The van der Waals surface area contributed by atoms with Crippen LogP contribution in [0.2, 0.25) is 5.02 Å². The number of aromatic nitrogens is 2. The number of nitrogens with one attached hydrogen (secondary N) is 1. The molecule has 0 amide bonds. The van der Waals surface area contributed by atoms with Gasteiger partial charge in [-0.2, -0.15) is 0 Å². The molecule has 0 unspecified atom stereocenters. The molecule has 2 aromatic rings. The molecule has 116 valence electrons. The number of rotatable bonds is 5. The van der Waals surface area contributed by atoms with Crippen molar-refractivity contribution in [2.75, 3.05) is 0 Å². The van der Waals surface area contributed by atoms with Gasteiger partial charge in [-0.15, -0.1) is 0 Å². The summed E-state index contributed by atoms with van der Waals surface area (Å²) in [4.78, 5) is 29.3. The van der Waals surface area contributed by atoms with E-state index in [1.165, 1.54) is 0 Å². The molecular formula is C15H15ClN2O4. The Morgan fingerprint density at radius 2 is 2.14 bits per heavy atom. The molecule has 1 aromatic carbocycles. The molecular weight excluding hydrogens is 308 g/mol. The first-order chi connectivity index (χ1) is 10.4. The van der Waals surface area contributed by atoms with Crippen LogP contribution in [0.1, 0.15) is 22.6 Å². The highest BCUT2D eigenvalue weighted by Gasteiger charge is 2.12. The Balaban J connectivity index is 2.15. The fourth-order valence-electron chi connectivity index (χ4n) is 1.96. The summed E-state index contributed by atoms with van der Waals surface area (Å²) in [7, 11) is 0. The molecule has 0 fully saturated rings.